The molecule has 1 rings (SSSR count). The third kappa shape index (κ3) is 4.40. The standard InChI is InChI=1S/C10H14ClO3PS/c1-3-12-15(16,13-4-2)14-10-7-5-6-9(11)8-10/h5-8H,3-4H2,1-2H3. The van der Waals surface area contributed by atoms with Crippen molar-refractivity contribution in [3.05, 3.63) is 29.3 Å². The lowest BCUT2D eigenvalue weighted by Gasteiger charge is -2.20. The number of hydrogen-bond donors (Lipinski definition) is 0. The van der Waals surface area contributed by atoms with Crippen LogP contribution in [0.5, 0.6) is 5.75 Å². The van der Waals surface area contributed by atoms with Crippen molar-refractivity contribution in [3.63, 3.8) is 0 Å². The Balaban J connectivity index is 2.79. The fraction of sp³-hybridized carbons (Fsp3) is 0.400. The summed E-state index contributed by atoms with van der Waals surface area (Å²) in [6.45, 7) is 1.92. The van der Waals surface area contributed by atoms with E-state index in [1.165, 1.54) is 0 Å². The van der Waals surface area contributed by atoms with E-state index >= 15 is 0 Å². The highest BCUT2D eigenvalue weighted by atomic mass is 35.5. The van der Waals surface area contributed by atoms with Gasteiger partial charge in [0, 0.05) is 16.8 Å². The zero-order valence-corrected chi connectivity index (χ0v) is 11.6. The third-order valence-corrected chi connectivity index (χ3v) is 4.26. The van der Waals surface area contributed by atoms with Crippen molar-refractivity contribution in [2.24, 2.45) is 0 Å². The van der Waals surface area contributed by atoms with E-state index in [1.54, 1.807) is 24.3 Å². The first-order valence-corrected chi connectivity index (χ1v) is 7.87. The van der Waals surface area contributed by atoms with Crippen LogP contribution in [-0.2, 0) is 20.9 Å². The predicted molar refractivity (Wildman–Crippen MR) is 69.6 cm³/mol. The fourth-order valence-corrected chi connectivity index (χ4v) is 3.31. The van der Waals surface area contributed by atoms with Gasteiger partial charge in [-0.1, -0.05) is 17.7 Å². The maximum atomic E-state index is 5.84. The minimum atomic E-state index is -2.69. The largest absolute Gasteiger partial charge is 0.424 e. The molecular formula is C10H14ClO3PS. The SMILES string of the molecule is CCOP(=S)(OCC)Oc1cccc(Cl)c1. The van der Waals surface area contributed by atoms with Crippen LogP contribution in [0.3, 0.4) is 0 Å². The monoisotopic (exact) mass is 280 g/mol. The first-order chi connectivity index (χ1) is 7.59. The summed E-state index contributed by atoms with van der Waals surface area (Å²) in [5.74, 6) is 0.567. The molecule has 0 aliphatic heterocycles. The fourth-order valence-electron chi connectivity index (χ4n) is 1.06. The Morgan fingerprint density at radius 2 is 1.88 bits per heavy atom. The van der Waals surface area contributed by atoms with E-state index in [0.29, 0.717) is 24.0 Å². The minimum Gasteiger partial charge on any atom is -0.424 e. The summed E-state index contributed by atoms with van der Waals surface area (Å²) in [7, 11) is 0. The van der Waals surface area contributed by atoms with E-state index in [-0.39, 0.29) is 0 Å². The molecule has 1 aromatic rings. The Labute approximate surface area is 106 Å². The Kier molecular flexibility index (Phi) is 5.73. The predicted octanol–water partition coefficient (Wildman–Crippen LogP) is 4.02. The lowest BCUT2D eigenvalue weighted by molar-refractivity contribution is 0.218. The second kappa shape index (κ2) is 6.58. The van der Waals surface area contributed by atoms with Crippen LogP contribution < -0.4 is 4.52 Å². The highest BCUT2D eigenvalue weighted by molar-refractivity contribution is 8.07. The van der Waals surface area contributed by atoms with Crippen LogP contribution in [0.4, 0.5) is 0 Å². The molecule has 0 spiro atoms. The van der Waals surface area contributed by atoms with Gasteiger partial charge in [-0.15, -0.1) is 0 Å². The molecule has 0 N–H and O–H groups in total. The second-order valence-corrected chi connectivity index (χ2v) is 6.20. The number of hydrogen-bond acceptors (Lipinski definition) is 4. The van der Waals surface area contributed by atoms with Crippen LogP contribution in [0.25, 0.3) is 0 Å². The van der Waals surface area contributed by atoms with E-state index in [0.717, 1.165) is 0 Å². The van der Waals surface area contributed by atoms with Crippen molar-refractivity contribution < 1.29 is 13.6 Å². The summed E-state index contributed by atoms with van der Waals surface area (Å²) in [5.41, 5.74) is 0. The molecule has 0 bridgehead atoms. The first kappa shape index (κ1) is 13.9. The average molecular weight is 281 g/mol. The summed E-state index contributed by atoms with van der Waals surface area (Å²) >= 11 is 11.1. The summed E-state index contributed by atoms with van der Waals surface area (Å²) in [5, 5.41) is 0.590. The summed E-state index contributed by atoms with van der Waals surface area (Å²) in [6, 6.07) is 7.00. The van der Waals surface area contributed by atoms with Gasteiger partial charge in [0.2, 0.25) is 0 Å². The van der Waals surface area contributed by atoms with Crippen molar-refractivity contribution in [1.29, 1.82) is 0 Å². The molecule has 0 aliphatic rings. The van der Waals surface area contributed by atoms with Crippen molar-refractivity contribution >= 4 is 30.1 Å². The summed E-state index contributed by atoms with van der Waals surface area (Å²) in [4.78, 5) is 0. The quantitative estimate of drug-likeness (QED) is 0.736. The molecular weight excluding hydrogens is 267 g/mol. The Bertz CT molecular complexity index is 376. The van der Waals surface area contributed by atoms with Crippen LogP contribution in [0.1, 0.15) is 13.8 Å². The number of rotatable bonds is 6. The lowest BCUT2D eigenvalue weighted by atomic mass is 10.3. The van der Waals surface area contributed by atoms with Gasteiger partial charge in [-0.2, -0.15) is 0 Å². The topological polar surface area (TPSA) is 27.7 Å². The normalized spacial score (nSPS) is 11.4. The first-order valence-electron chi connectivity index (χ1n) is 4.94. The van der Waals surface area contributed by atoms with Crippen LogP contribution in [0.15, 0.2) is 24.3 Å². The second-order valence-electron chi connectivity index (χ2n) is 2.83. The van der Waals surface area contributed by atoms with Gasteiger partial charge in [0.25, 0.3) is 0 Å². The highest BCUT2D eigenvalue weighted by Gasteiger charge is 2.20. The zero-order chi connectivity index (χ0) is 12.0. The van der Waals surface area contributed by atoms with E-state index in [1.807, 2.05) is 13.8 Å². The number of benzene rings is 1. The van der Waals surface area contributed by atoms with Crippen molar-refractivity contribution in [2.45, 2.75) is 13.8 Å². The summed E-state index contributed by atoms with van der Waals surface area (Å²) in [6.07, 6.45) is 0. The van der Waals surface area contributed by atoms with E-state index in [4.69, 9.17) is 37.0 Å². The molecule has 6 heteroatoms. The van der Waals surface area contributed by atoms with Crippen LogP contribution >= 0.6 is 18.3 Å². The zero-order valence-electron chi connectivity index (χ0n) is 9.18. The highest BCUT2D eigenvalue weighted by Crippen LogP contribution is 2.49. The maximum Gasteiger partial charge on any atom is 0.380 e. The molecule has 0 fully saturated rings. The van der Waals surface area contributed by atoms with Gasteiger partial charge in [0.05, 0.1) is 13.2 Å². The van der Waals surface area contributed by atoms with Gasteiger partial charge < -0.3 is 4.52 Å². The smallest absolute Gasteiger partial charge is 0.380 e. The molecule has 0 heterocycles. The maximum absolute atomic E-state index is 5.84. The average Bonchev–Trinajstić information content (AvgIpc) is 2.17. The van der Waals surface area contributed by atoms with Crippen molar-refractivity contribution in [2.75, 3.05) is 13.2 Å². The van der Waals surface area contributed by atoms with Crippen LogP contribution in [0, 0.1) is 0 Å². The Morgan fingerprint density at radius 1 is 1.25 bits per heavy atom. The Morgan fingerprint density at radius 3 is 2.38 bits per heavy atom. The number of halogens is 1. The molecule has 1 aromatic carbocycles. The van der Waals surface area contributed by atoms with Crippen LogP contribution in [-0.4, -0.2) is 13.2 Å². The molecule has 0 unspecified atom stereocenters. The molecule has 90 valence electrons. The lowest BCUT2D eigenvalue weighted by Crippen LogP contribution is -2.01. The van der Waals surface area contributed by atoms with E-state index in [9.17, 15) is 0 Å². The third-order valence-electron chi connectivity index (χ3n) is 1.59. The molecule has 0 amide bonds. The minimum absolute atomic E-state index is 0.456. The summed E-state index contributed by atoms with van der Waals surface area (Å²) < 4.78 is 16.3. The van der Waals surface area contributed by atoms with E-state index < -0.39 is 6.72 Å². The molecule has 0 atom stereocenters. The van der Waals surface area contributed by atoms with Crippen LogP contribution in [0.2, 0.25) is 5.02 Å². The van der Waals surface area contributed by atoms with Gasteiger partial charge in [0.15, 0.2) is 0 Å². The molecule has 0 radical (unpaired) electrons. The van der Waals surface area contributed by atoms with Crippen molar-refractivity contribution in [1.82, 2.24) is 0 Å². The van der Waals surface area contributed by atoms with Gasteiger partial charge in [-0.05, 0) is 32.0 Å². The molecule has 0 saturated heterocycles. The molecule has 0 saturated carbocycles. The molecule has 0 aromatic heterocycles. The van der Waals surface area contributed by atoms with Gasteiger partial charge in [0.1, 0.15) is 5.75 Å². The molecule has 0 aliphatic carbocycles. The van der Waals surface area contributed by atoms with Crippen molar-refractivity contribution in [3.8, 4) is 5.75 Å². The van der Waals surface area contributed by atoms with E-state index in [2.05, 4.69) is 0 Å². The molecule has 16 heavy (non-hydrogen) atoms. The van der Waals surface area contributed by atoms with Gasteiger partial charge in [-0.25, -0.2) is 0 Å². The van der Waals surface area contributed by atoms with Gasteiger partial charge in [-0.3, -0.25) is 9.05 Å². The molecule has 3 nitrogen and oxygen atoms in total. The Hall–Kier alpha value is -0.120. The van der Waals surface area contributed by atoms with Gasteiger partial charge >= 0.3 is 6.72 Å².